The molecule has 1 unspecified atom stereocenters. The molecule has 5 rings (SSSR count). The van der Waals surface area contributed by atoms with Crippen LogP contribution < -0.4 is 16.5 Å². The maximum atomic E-state index is 12.8. The molecule has 0 spiro atoms. The Labute approximate surface area is 143 Å². The van der Waals surface area contributed by atoms with Crippen LogP contribution in [0.1, 0.15) is 39.0 Å². The molecule has 0 aromatic rings. The summed E-state index contributed by atoms with van der Waals surface area (Å²) in [7, 11) is 0. The number of fused-ring (bicyclic) bond motifs is 3. The predicted octanol–water partition coefficient (Wildman–Crippen LogP) is 3.07. The number of halogens is 3. The molecule has 132 valence electrons. The highest BCUT2D eigenvalue weighted by Crippen LogP contribution is 2.51. The summed E-state index contributed by atoms with van der Waals surface area (Å²) < 4.78 is 38.5. The van der Waals surface area contributed by atoms with E-state index >= 15 is 0 Å². The van der Waals surface area contributed by atoms with Crippen molar-refractivity contribution in [3.05, 3.63) is 34.7 Å². The number of nitrogens with two attached hydrogens (primary N) is 1. The van der Waals surface area contributed by atoms with Crippen molar-refractivity contribution < 1.29 is 13.2 Å². The van der Waals surface area contributed by atoms with Crippen molar-refractivity contribution in [3.8, 4) is 0 Å². The Morgan fingerprint density at radius 3 is 2.79 bits per heavy atom. The van der Waals surface area contributed by atoms with Crippen molar-refractivity contribution in [1.82, 2.24) is 15.8 Å². The van der Waals surface area contributed by atoms with Crippen LogP contribution in [0.15, 0.2) is 34.7 Å². The van der Waals surface area contributed by atoms with Gasteiger partial charge in [-0.05, 0) is 62.9 Å². The van der Waals surface area contributed by atoms with Crippen LogP contribution in [0.3, 0.4) is 0 Å². The lowest BCUT2D eigenvalue weighted by molar-refractivity contribution is -0.0323. The van der Waals surface area contributed by atoms with Gasteiger partial charge in [-0.1, -0.05) is 6.08 Å². The molecule has 1 atom stereocenters. The average molecular weight is 358 g/mol. The molecule has 4 N–H and O–H groups in total. The second kappa shape index (κ2) is 5.19. The molecule has 3 fully saturated rings. The Morgan fingerprint density at radius 2 is 2.12 bits per heavy atom. The quantitative estimate of drug-likeness (QED) is 0.724. The summed E-state index contributed by atoms with van der Waals surface area (Å²) in [5, 5.41) is 5.32. The van der Waals surface area contributed by atoms with Gasteiger partial charge < -0.3 is 11.1 Å². The largest absolute Gasteiger partial charge is 0.446 e. The molecular weight excluding hydrogens is 337 g/mol. The van der Waals surface area contributed by atoms with Gasteiger partial charge in [0.25, 0.3) is 0 Å². The molecule has 0 amide bonds. The van der Waals surface area contributed by atoms with Gasteiger partial charge >= 0.3 is 5.51 Å². The van der Waals surface area contributed by atoms with Crippen LogP contribution in [0.2, 0.25) is 0 Å². The van der Waals surface area contributed by atoms with Crippen LogP contribution in [0.25, 0.3) is 0 Å². The summed E-state index contributed by atoms with van der Waals surface area (Å²) in [5.41, 5.74) is 5.66. The molecule has 2 bridgehead atoms. The zero-order valence-electron chi connectivity index (χ0n) is 13.4. The van der Waals surface area contributed by atoms with Gasteiger partial charge in [0, 0.05) is 16.0 Å². The van der Waals surface area contributed by atoms with Gasteiger partial charge in [-0.2, -0.15) is 13.2 Å². The minimum absolute atomic E-state index is 0.0139. The Balaban J connectivity index is 1.55. The summed E-state index contributed by atoms with van der Waals surface area (Å²) in [4.78, 5) is 0.300. The highest BCUT2D eigenvalue weighted by atomic mass is 32.2. The van der Waals surface area contributed by atoms with E-state index < -0.39 is 5.51 Å². The number of alkyl halides is 3. The van der Waals surface area contributed by atoms with Gasteiger partial charge in [0.15, 0.2) is 0 Å². The molecule has 0 radical (unpaired) electrons. The fraction of sp³-hybridized carbons (Fsp3) is 0.625. The summed E-state index contributed by atoms with van der Waals surface area (Å²) in [6, 6.07) is -0.376. The van der Waals surface area contributed by atoms with Crippen LogP contribution in [0.4, 0.5) is 13.2 Å². The average Bonchev–Trinajstić information content (AvgIpc) is 2.74. The maximum absolute atomic E-state index is 12.8. The predicted molar refractivity (Wildman–Crippen MR) is 88.2 cm³/mol. The fourth-order valence-electron chi connectivity index (χ4n) is 4.53. The Bertz CT molecular complexity index is 646. The van der Waals surface area contributed by atoms with Crippen molar-refractivity contribution in [1.29, 1.82) is 0 Å². The zero-order valence-corrected chi connectivity index (χ0v) is 14.2. The van der Waals surface area contributed by atoms with Crippen LogP contribution in [-0.4, -0.2) is 27.6 Å². The van der Waals surface area contributed by atoms with E-state index in [0.29, 0.717) is 10.6 Å². The third kappa shape index (κ3) is 2.74. The summed E-state index contributed by atoms with van der Waals surface area (Å²) in [6.07, 6.45) is 10.5. The molecule has 3 saturated carbocycles. The van der Waals surface area contributed by atoms with E-state index in [1.54, 1.807) is 24.1 Å². The number of hydrazine groups is 1. The van der Waals surface area contributed by atoms with E-state index in [1.165, 1.54) is 0 Å². The first-order valence-corrected chi connectivity index (χ1v) is 9.02. The lowest BCUT2D eigenvalue weighted by atomic mass is 9.55. The summed E-state index contributed by atoms with van der Waals surface area (Å²) in [6.45, 7) is 1.75. The first kappa shape index (κ1) is 16.4. The molecule has 5 aliphatic rings. The van der Waals surface area contributed by atoms with Crippen LogP contribution in [-0.2, 0) is 0 Å². The maximum Gasteiger partial charge on any atom is 0.446 e. The first-order chi connectivity index (χ1) is 11.2. The van der Waals surface area contributed by atoms with Gasteiger partial charge in [0.2, 0.25) is 0 Å². The second-order valence-corrected chi connectivity index (χ2v) is 8.48. The number of hydrogen-bond donors (Lipinski definition) is 3. The molecule has 0 aromatic heterocycles. The first-order valence-electron chi connectivity index (χ1n) is 8.20. The summed E-state index contributed by atoms with van der Waals surface area (Å²) >= 11 is -0.0362. The van der Waals surface area contributed by atoms with Gasteiger partial charge in [0.1, 0.15) is 5.82 Å². The van der Waals surface area contributed by atoms with Crippen molar-refractivity contribution in [3.63, 3.8) is 0 Å². The normalized spacial score (nSPS) is 38.0. The third-order valence-electron chi connectivity index (χ3n) is 5.29. The van der Waals surface area contributed by atoms with Crippen molar-refractivity contribution in [2.75, 3.05) is 0 Å². The lowest BCUT2D eigenvalue weighted by Crippen LogP contribution is -2.71. The van der Waals surface area contributed by atoms with E-state index in [1.807, 2.05) is 6.08 Å². The highest BCUT2D eigenvalue weighted by Gasteiger charge is 2.55. The number of allylic oxidation sites excluding steroid dienone is 3. The van der Waals surface area contributed by atoms with Crippen molar-refractivity contribution in [2.24, 2.45) is 5.73 Å². The van der Waals surface area contributed by atoms with Crippen molar-refractivity contribution in [2.45, 2.75) is 61.7 Å². The van der Waals surface area contributed by atoms with E-state index in [0.717, 1.165) is 37.9 Å². The number of nitrogens with zero attached hydrogens (tertiary/aromatic N) is 1. The molecule has 2 heterocycles. The van der Waals surface area contributed by atoms with Gasteiger partial charge in [-0.15, -0.1) is 0 Å². The number of hydrogen-bond acceptors (Lipinski definition) is 5. The molecule has 8 heteroatoms. The monoisotopic (exact) mass is 358 g/mol. The molecular formula is C16H21F3N4S. The minimum atomic E-state index is -4.29. The number of thioether (sulfide) groups is 1. The molecule has 0 aromatic carbocycles. The van der Waals surface area contributed by atoms with Gasteiger partial charge in [0.05, 0.1) is 11.7 Å². The molecule has 2 aliphatic heterocycles. The Hall–Kier alpha value is -1.12. The van der Waals surface area contributed by atoms with E-state index in [-0.39, 0.29) is 28.9 Å². The van der Waals surface area contributed by atoms with Crippen LogP contribution in [0, 0.1) is 0 Å². The minimum Gasteiger partial charge on any atom is -0.365 e. The molecule has 0 saturated heterocycles. The van der Waals surface area contributed by atoms with Crippen LogP contribution >= 0.6 is 11.8 Å². The van der Waals surface area contributed by atoms with E-state index in [2.05, 4.69) is 10.7 Å². The van der Waals surface area contributed by atoms with Gasteiger partial charge in [-0.25, -0.2) is 5.43 Å². The van der Waals surface area contributed by atoms with E-state index in [9.17, 15) is 13.2 Å². The molecule has 4 nitrogen and oxygen atoms in total. The standard InChI is InChI=1S/C16H21F3N4S/c1-10-13(24-16(17,18)19)11-4-2-5-12(23(11)22-10)21-15-7-3-6-14(20,8-15)9-15/h2,4-5,10,21-22H,3,6-9,20H2,1H3. The van der Waals surface area contributed by atoms with Crippen molar-refractivity contribution >= 4 is 11.8 Å². The zero-order chi connectivity index (χ0) is 17.2. The number of nitrogens with one attached hydrogen (secondary N) is 2. The summed E-state index contributed by atoms with van der Waals surface area (Å²) in [5.74, 6) is 0.807. The fourth-order valence-corrected chi connectivity index (χ4v) is 5.27. The van der Waals surface area contributed by atoms with Gasteiger partial charge in [-0.3, -0.25) is 5.01 Å². The van der Waals surface area contributed by atoms with E-state index in [4.69, 9.17) is 5.73 Å². The Morgan fingerprint density at radius 1 is 1.38 bits per heavy atom. The molecule has 3 aliphatic carbocycles. The topological polar surface area (TPSA) is 53.3 Å². The SMILES string of the molecule is CC1NN2C(NC34CCCC(N)(C3)C4)=CC=CC2=C1SC(F)(F)F. The Kier molecular flexibility index (Phi) is 3.54. The lowest BCUT2D eigenvalue weighted by Gasteiger charge is -2.60. The smallest absolute Gasteiger partial charge is 0.365 e. The number of rotatable bonds is 3. The molecule has 24 heavy (non-hydrogen) atoms. The highest BCUT2D eigenvalue weighted by molar-refractivity contribution is 8.04. The third-order valence-corrected chi connectivity index (χ3v) is 6.30. The van der Waals surface area contributed by atoms with Crippen LogP contribution in [0.5, 0.6) is 0 Å². The second-order valence-electron chi connectivity index (χ2n) is 7.37.